The zero-order valence-corrected chi connectivity index (χ0v) is 11.5. The maximum absolute atomic E-state index is 5.53. The molecule has 3 N–H and O–H groups in total. The van der Waals surface area contributed by atoms with Gasteiger partial charge in [-0.2, -0.15) is 0 Å². The second kappa shape index (κ2) is 6.43. The van der Waals surface area contributed by atoms with Crippen LogP contribution in [0.5, 0.6) is 0 Å². The van der Waals surface area contributed by atoms with Crippen LogP contribution in [-0.4, -0.2) is 0 Å². The van der Waals surface area contributed by atoms with Gasteiger partial charge in [-0.25, -0.2) is 0 Å². The van der Waals surface area contributed by atoms with Crippen molar-refractivity contribution in [2.75, 3.05) is 0 Å². The molecule has 0 saturated heterocycles. The van der Waals surface area contributed by atoms with Crippen molar-refractivity contribution in [1.29, 1.82) is 0 Å². The molecule has 1 aromatic carbocycles. The predicted molar refractivity (Wildman–Crippen MR) is 71.3 cm³/mol. The van der Waals surface area contributed by atoms with Crippen LogP contribution in [0.15, 0.2) is 39.8 Å². The number of allylic oxidation sites excluding steroid dienone is 1. The van der Waals surface area contributed by atoms with E-state index < -0.39 is 0 Å². The van der Waals surface area contributed by atoms with E-state index in [0.29, 0.717) is 0 Å². The summed E-state index contributed by atoms with van der Waals surface area (Å²) in [6.45, 7) is 3.71. The smallest absolute Gasteiger partial charge is 0.0463 e. The van der Waals surface area contributed by atoms with Gasteiger partial charge in [0, 0.05) is 15.0 Å². The van der Waals surface area contributed by atoms with Crippen LogP contribution in [-0.2, 0) is 0 Å². The molecule has 0 heterocycles. The number of halogens is 2. The molecule has 0 aromatic heterocycles. The standard InChI is InChI=1S/C11H14Br2N2/c1-2-3-4-11(15-14)8-5-9(12)7-10(13)6-8/h2,5-7,11,15H,1,3-4,14H2. The first-order valence-electron chi connectivity index (χ1n) is 4.70. The van der Waals surface area contributed by atoms with Crippen LogP contribution >= 0.6 is 31.9 Å². The van der Waals surface area contributed by atoms with E-state index in [4.69, 9.17) is 5.84 Å². The first kappa shape index (κ1) is 12.9. The Morgan fingerprint density at radius 2 is 1.93 bits per heavy atom. The van der Waals surface area contributed by atoms with Crippen molar-refractivity contribution in [3.8, 4) is 0 Å². The van der Waals surface area contributed by atoms with Crippen molar-refractivity contribution >= 4 is 31.9 Å². The van der Waals surface area contributed by atoms with Gasteiger partial charge in [-0.05, 0) is 36.6 Å². The van der Waals surface area contributed by atoms with Gasteiger partial charge in [0.05, 0.1) is 0 Å². The molecule has 0 aliphatic heterocycles. The van der Waals surface area contributed by atoms with Gasteiger partial charge >= 0.3 is 0 Å². The van der Waals surface area contributed by atoms with Gasteiger partial charge in [-0.15, -0.1) is 6.58 Å². The Bertz CT molecular complexity index is 319. The minimum atomic E-state index is 0.164. The highest BCUT2D eigenvalue weighted by atomic mass is 79.9. The normalized spacial score (nSPS) is 12.5. The summed E-state index contributed by atoms with van der Waals surface area (Å²) < 4.78 is 2.09. The minimum Gasteiger partial charge on any atom is -0.271 e. The third-order valence-corrected chi connectivity index (χ3v) is 3.06. The zero-order chi connectivity index (χ0) is 11.3. The molecule has 82 valence electrons. The van der Waals surface area contributed by atoms with E-state index in [9.17, 15) is 0 Å². The summed E-state index contributed by atoms with van der Waals surface area (Å²) in [6, 6.07) is 6.30. The highest BCUT2D eigenvalue weighted by Gasteiger charge is 2.09. The van der Waals surface area contributed by atoms with Gasteiger partial charge in [0.1, 0.15) is 0 Å². The molecule has 1 atom stereocenters. The van der Waals surface area contributed by atoms with Crippen LogP contribution in [0.4, 0.5) is 0 Å². The second-order valence-electron chi connectivity index (χ2n) is 3.29. The summed E-state index contributed by atoms with van der Waals surface area (Å²) in [7, 11) is 0. The Labute approximate surface area is 107 Å². The van der Waals surface area contributed by atoms with Crippen molar-refractivity contribution in [3.63, 3.8) is 0 Å². The molecule has 1 aromatic rings. The van der Waals surface area contributed by atoms with Crippen molar-refractivity contribution in [1.82, 2.24) is 5.43 Å². The van der Waals surface area contributed by atoms with E-state index in [-0.39, 0.29) is 6.04 Å². The minimum absolute atomic E-state index is 0.164. The number of hydrogen-bond donors (Lipinski definition) is 2. The molecule has 0 amide bonds. The summed E-state index contributed by atoms with van der Waals surface area (Å²) in [6.07, 6.45) is 3.79. The SMILES string of the molecule is C=CCCC(NN)c1cc(Br)cc(Br)c1. The van der Waals surface area contributed by atoms with Gasteiger partial charge in [-0.3, -0.25) is 11.3 Å². The van der Waals surface area contributed by atoms with Crippen molar-refractivity contribution in [3.05, 3.63) is 45.4 Å². The quantitative estimate of drug-likeness (QED) is 0.490. The molecule has 0 radical (unpaired) electrons. The molecule has 0 spiro atoms. The van der Waals surface area contributed by atoms with E-state index in [1.807, 2.05) is 12.1 Å². The fourth-order valence-electron chi connectivity index (χ4n) is 1.41. The molecule has 0 saturated carbocycles. The Balaban J connectivity index is 2.85. The molecule has 0 aliphatic carbocycles. The van der Waals surface area contributed by atoms with Crippen molar-refractivity contribution in [2.24, 2.45) is 5.84 Å². The van der Waals surface area contributed by atoms with Gasteiger partial charge in [0.25, 0.3) is 0 Å². The van der Waals surface area contributed by atoms with Crippen LogP contribution < -0.4 is 11.3 Å². The molecule has 2 nitrogen and oxygen atoms in total. The van der Waals surface area contributed by atoms with Crippen molar-refractivity contribution < 1.29 is 0 Å². The summed E-state index contributed by atoms with van der Waals surface area (Å²) >= 11 is 6.92. The molecule has 0 fully saturated rings. The van der Waals surface area contributed by atoms with Crippen LogP contribution in [0, 0.1) is 0 Å². The first-order valence-corrected chi connectivity index (χ1v) is 6.29. The lowest BCUT2D eigenvalue weighted by Crippen LogP contribution is -2.27. The molecule has 0 aliphatic rings. The van der Waals surface area contributed by atoms with E-state index in [1.165, 1.54) is 5.56 Å². The fourth-order valence-corrected chi connectivity index (χ4v) is 2.74. The molecular formula is C11H14Br2N2. The number of nitrogens with one attached hydrogen (secondary N) is 1. The summed E-state index contributed by atoms with van der Waals surface area (Å²) in [5.41, 5.74) is 3.99. The number of benzene rings is 1. The highest BCUT2D eigenvalue weighted by Crippen LogP contribution is 2.26. The predicted octanol–water partition coefficient (Wildman–Crippen LogP) is 3.68. The van der Waals surface area contributed by atoms with E-state index in [2.05, 4.69) is 56.0 Å². The van der Waals surface area contributed by atoms with E-state index >= 15 is 0 Å². The largest absolute Gasteiger partial charge is 0.271 e. The number of rotatable bonds is 5. The van der Waals surface area contributed by atoms with Crippen LogP contribution in [0.25, 0.3) is 0 Å². The molecule has 1 rings (SSSR count). The van der Waals surface area contributed by atoms with Crippen LogP contribution in [0.2, 0.25) is 0 Å². The average Bonchev–Trinajstić information content (AvgIpc) is 2.17. The Kier molecular flexibility index (Phi) is 5.53. The Morgan fingerprint density at radius 3 is 2.40 bits per heavy atom. The van der Waals surface area contributed by atoms with Gasteiger partial charge in [-0.1, -0.05) is 37.9 Å². The lowest BCUT2D eigenvalue weighted by molar-refractivity contribution is 0.520. The number of hydrazine groups is 1. The van der Waals surface area contributed by atoms with Crippen LogP contribution in [0.1, 0.15) is 24.4 Å². The first-order chi connectivity index (χ1) is 7.17. The highest BCUT2D eigenvalue weighted by molar-refractivity contribution is 9.11. The topological polar surface area (TPSA) is 38.0 Å². The number of nitrogens with two attached hydrogens (primary N) is 1. The Morgan fingerprint density at radius 1 is 1.33 bits per heavy atom. The summed E-state index contributed by atoms with van der Waals surface area (Å²) in [5, 5.41) is 0. The number of hydrogen-bond acceptors (Lipinski definition) is 2. The maximum Gasteiger partial charge on any atom is 0.0463 e. The molecule has 1 unspecified atom stereocenters. The fraction of sp³-hybridized carbons (Fsp3) is 0.273. The lowest BCUT2D eigenvalue weighted by atomic mass is 10.0. The van der Waals surface area contributed by atoms with E-state index in [0.717, 1.165) is 21.8 Å². The maximum atomic E-state index is 5.53. The van der Waals surface area contributed by atoms with Crippen LogP contribution in [0.3, 0.4) is 0 Å². The average molecular weight is 334 g/mol. The Hall–Kier alpha value is -0.160. The molecular weight excluding hydrogens is 320 g/mol. The van der Waals surface area contributed by atoms with Crippen molar-refractivity contribution in [2.45, 2.75) is 18.9 Å². The van der Waals surface area contributed by atoms with E-state index in [1.54, 1.807) is 0 Å². The zero-order valence-electron chi connectivity index (χ0n) is 8.34. The molecule has 0 bridgehead atoms. The van der Waals surface area contributed by atoms with Gasteiger partial charge in [0.15, 0.2) is 0 Å². The molecule has 15 heavy (non-hydrogen) atoms. The lowest BCUT2D eigenvalue weighted by Gasteiger charge is -2.16. The monoisotopic (exact) mass is 332 g/mol. The summed E-state index contributed by atoms with van der Waals surface area (Å²) in [5.74, 6) is 5.53. The summed E-state index contributed by atoms with van der Waals surface area (Å²) in [4.78, 5) is 0. The molecule has 4 heteroatoms. The van der Waals surface area contributed by atoms with Gasteiger partial charge in [0.2, 0.25) is 0 Å². The second-order valence-corrected chi connectivity index (χ2v) is 5.12. The van der Waals surface area contributed by atoms with Gasteiger partial charge < -0.3 is 0 Å². The third kappa shape index (κ3) is 4.07. The third-order valence-electron chi connectivity index (χ3n) is 2.15.